The maximum absolute atomic E-state index is 6.16. The van der Waals surface area contributed by atoms with Crippen LogP contribution in [0, 0.1) is 11.8 Å². The molecule has 0 saturated heterocycles. The molecule has 16 heavy (non-hydrogen) atoms. The van der Waals surface area contributed by atoms with Crippen molar-refractivity contribution in [2.45, 2.75) is 25.7 Å². The molecule has 0 spiro atoms. The van der Waals surface area contributed by atoms with Gasteiger partial charge in [-0.25, -0.2) is 9.97 Å². The number of nitrogens with zero attached hydrogens (tertiary/aromatic N) is 3. The van der Waals surface area contributed by atoms with Crippen LogP contribution in [-0.2, 0) is 0 Å². The van der Waals surface area contributed by atoms with Gasteiger partial charge in [0.05, 0.1) is 6.20 Å². The van der Waals surface area contributed by atoms with E-state index in [-0.39, 0.29) is 0 Å². The number of hydrogen-bond donors (Lipinski definition) is 0. The lowest BCUT2D eigenvalue weighted by Crippen LogP contribution is -2.29. The van der Waals surface area contributed by atoms with E-state index in [4.69, 9.17) is 11.6 Å². The van der Waals surface area contributed by atoms with Crippen molar-refractivity contribution in [3.05, 3.63) is 17.5 Å². The third-order valence-electron chi connectivity index (χ3n) is 3.30. The van der Waals surface area contributed by atoms with Gasteiger partial charge in [0.1, 0.15) is 11.3 Å². The highest BCUT2D eigenvalue weighted by atomic mass is 35.5. The van der Waals surface area contributed by atoms with Crippen molar-refractivity contribution in [1.29, 1.82) is 0 Å². The van der Waals surface area contributed by atoms with E-state index >= 15 is 0 Å². The molecule has 2 aliphatic rings. The van der Waals surface area contributed by atoms with Crippen molar-refractivity contribution in [1.82, 2.24) is 9.97 Å². The Hall–Kier alpha value is -0.830. The summed E-state index contributed by atoms with van der Waals surface area (Å²) < 4.78 is 0. The van der Waals surface area contributed by atoms with Crippen LogP contribution in [0.2, 0.25) is 5.02 Å². The molecule has 0 N–H and O–H groups in total. The third-order valence-corrected chi connectivity index (χ3v) is 3.57. The van der Waals surface area contributed by atoms with Crippen LogP contribution in [0.4, 0.5) is 5.82 Å². The van der Waals surface area contributed by atoms with Crippen LogP contribution in [0.15, 0.2) is 12.5 Å². The number of aromatic nitrogens is 2. The average molecular weight is 238 g/mol. The molecule has 2 saturated carbocycles. The summed E-state index contributed by atoms with van der Waals surface area (Å²) in [5, 5.41) is 0.684. The van der Waals surface area contributed by atoms with Gasteiger partial charge in [-0.3, -0.25) is 0 Å². The fraction of sp³-hybridized carbons (Fsp3) is 0.667. The molecule has 0 radical (unpaired) electrons. The highest BCUT2D eigenvalue weighted by Crippen LogP contribution is 2.36. The molecular formula is C12H16ClN3. The molecule has 0 bridgehead atoms. The first kappa shape index (κ1) is 10.3. The van der Waals surface area contributed by atoms with Gasteiger partial charge in [0.25, 0.3) is 0 Å². The number of anilines is 1. The number of halogens is 1. The largest absolute Gasteiger partial charge is 0.355 e. The van der Waals surface area contributed by atoms with Crippen LogP contribution in [0.1, 0.15) is 25.7 Å². The van der Waals surface area contributed by atoms with Gasteiger partial charge >= 0.3 is 0 Å². The Morgan fingerprint density at radius 2 is 1.81 bits per heavy atom. The standard InChI is InChI=1S/C12H16ClN3/c13-11-5-14-8-15-12(11)16(6-9-1-2-9)7-10-3-4-10/h5,8-10H,1-4,6-7H2. The summed E-state index contributed by atoms with van der Waals surface area (Å²) in [5.41, 5.74) is 0. The Kier molecular flexibility index (Phi) is 2.72. The molecule has 0 unspecified atom stereocenters. The van der Waals surface area contributed by atoms with Gasteiger partial charge in [0.15, 0.2) is 5.82 Å². The van der Waals surface area contributed by atoms with Crippen LogP contribution < -0.4 is 4.90 Å². The second kappa shape index (κ2) is 4.21. The maximum Gasteiger partial charge on any atom is 0.150 e. The summed E-state index contributed by atoms with van der Waals surface area (Å²) in [7, 11) is 0. The van der Waals surface area contributed by atoms with Crippen molar-refractivity contribution < 1.29 is 0 Å². The van der Waals surface area contributed by atoms with Gasteiger partial charge in [0.2, 0.25) is 0 Å². The minimum Gasteiger partial charge on any atom is -0.355 e. The van der Waals surface area contributed by atoms with E-state index < -0.39 is 0 Å². The van der Waals surface area contributed by atoms with E-state index in [2.05, 4.69) is 14.9 Å². The van der Waals surface area contributed by atoms with Crippen LogP contribution in [0.25, 0.3) is 0 Å². The molecule has 2 aliphatic carbocycles. The molecule has 1 aromatic heterocycles. The summed E-state index contributed by atoms with van der Waals surface area (Å²) in [6, 6.07) is 0. The quantitative estimate of drug-likeness (QED) is 0.789. The van der Waals surface area contributed by atoms with Crippen LogP contribution in [-0.4, -0.2) is 23.1 Å². The van der Waals surface area contributed by atoms with E-state index in [0.717, 1.165) is 30.7 Å². The zero-order valence-corrected chi connectivity index (χ0v) is 10.0. The molecule has 0 amide bonds. The topological polar surface area (TPSA) is 29.0 Å². The SMILES string of the molecule is Clc1cncnc1N(CC1CC1)CC1CC1. The van der Waals surface area contributed by atoms with E-state index in [1.54, 1.807) is 12.5 Å². The Bertz CT molecular complexity index is 360. The van der Waals surface area contributed by atoms with Crippen molar-refractivity contribution in [3.8, 4) is 0 Å². The molecular weight excluding hydrogens is 222 g/mol. The summed E-state index contributed by atoms with van der Waals surface area (Å²) >= 11 is 6.16. The molecule has 2 fully saturated rings. The maximum atomic E-state index is 6.16. The van der Waals surface area contributed by atoms with Gasteiger partial charge in [-0.15, -0.1) is 0 Å². The van der Waals surface area contributed by atoms with Crippen molar-refractivity contribution in [2.75, 3.05) is 18.0 Å². The first-order valence-corrected chi connectivity index (χ1v) is 6.41. The number of rotatable bonds is 5. The molecule has 0 atom stereocenters. The average Bonchev–Trinajstić information content (AvgIpc) is 3.12. The first-order valence-electron chi connectivity index (χ1n) is 6.03. The van der Waals surface area contributed by atoms with E-state index in [1.807, 2.05) is 0 Å². The number of hydrogen-bond acceptors (Lipinski definition) is 3. The lowest BCUT2D eigenvalue weighted by molar-refractivity contribution is 0.670. The smallest absolute Gasteiger partial charge is 0.150 e. The third kappa shape index (κ3) is 2.46. The minimum atomic E-state index is 0.684. The summed E-state index contributed by atoms with van der Waals surface area (Å²) in [6.07, 6.45) is 8.74. The fourth-order valence-corrected chi connectivity index (χ4v) is 2.24. The van der Waals surface area contributed by atoms with E-state index in [1.165, 1.54) is 25.7 Å². The molecule has 1 aromatic rings. The Morgan fingerprint density at radius 1 is 1.19 bits per heavy atom. The predicted molar refractivity (Wildman–Crippen MR) is 64.7 cm³/mol. The molecule has 3 rings (SSSR count). The Balaban J connectivity index is 1.76. The zero-order valence-electron chi connectivity index (χ0n) is 9.27. The summed E-state index contributed by atoms with van der Waals surface area (Å²) in [5.74, 6) is 2.66. The van der Waals surface area contributed by atoms with Crippen molar-refractivity contribution in [3.63, 3.8) is 0 Å². The van der Waals surface area contributed by atoms with E-state index in [9.17, 15) is 0 Å². The Labute approximate surface area is 101 Å². The van der Waals surface area contributed by atoms with Crippen LogP contribution in [0.3, 0.4) is 0 Å². The molecule has 4 heteroatoms. The first-order chi connectivity index (χ1) is 7.83. The second-order valence-corrected chi connectivity index (χ2v) is 5.39. The minimum absolute atomic E-state index is 0.684. The van der Waals surface area contributed by atoms with Gasteiger partial charge in [0, 0.05) is 13.1 Å². The molecule has 3 nitrogen and oxygen atoms in total. The predicted octanol–water partition coefficient (Wildman–Crippen LogP) is 2.76. The van der Waals surface area contributed by atoms with Gasteiger partial charge < -0.3 is 4.90 Å². The highest BCUT2D eigenvalue weighted by molar-refractivity contribution is 6.32. The molecule has 0 aliphatic heterocycles. The molecule has 0 aromatic carbocycles. The lowest BCUT2D eigenvalue weighted by atomic mass is 10.3. The highest BCUT2D eigenvalue weighted by Gasteiger charge is 2.30. The fourth-order valence-electron chi connectivity index (χ4n) is 2.01. The van der Waals surface area contributed by atoms with Crippen molar-refractivity contribution >= 4 is 17.4 Å². The van der Waals surface area contributed by atoms with Crippen LogP contribution >= 0.6 is 11.6 Å². The summed E-state index contributed by atoms with van der Waals surface area (Å²) in [6.45, 7) is 2.24. The normalized spacial score (nSPS) is 19.8. The Morgan fingerprint density at radius 3 is 2.31 bits per heavy atom. The zero-order chi connectivity index (χ0) is 11.0. The van der Waals surface area contributed by atoms with Crippen molar-refractivity contribution in [2.24, 2.45) is 11.8 Å². The summed E-state index contributed by atoms with van der Waals surface area (Å²) in [4.78, 5) is 10.6. The van der Waals surface area contributed by atoms with Crippen LogP contribution in [0.5, 0.6) is 0 Å². The molecule has 86 valence electrons. The molecule has 1 heterocycles. The van der Waals surface area contributed by atoms with Gasteiger partial charge in [-0.1, -0.05) is 11.6 Å². The monoisotopic (exact) mass is 237 g/mol. The van der Waals surface area contributed by atoms with E-state index in [0.29, 0.717) is 5.02 Å². The second-order valence-electron chi connectivity index (χ2n) is 4.99. The van der Waals surface area contributed by atoms with Gasteiger partial charge in [-0.05, 0) is 37.5 Å². The lowest BCUT2D eigenvalue weighted by Gasteiger charge is -2.24. The van der Waals surface area contributed by atoms with Gasteiger partial charge in [-0.2, -0.15) is 0 Å².